The molecule has 0 spiro atoms. The predicted molar refractivity (Wildman–Crippen MR) is 119 cm³/mol. The molecule has 3 aromatic rings. The van der Waals surface area contributed by atoms with Crippen LogP contribution in [0.5, 0.6) is 11.5 Å². The summed E-state index contributed by atoms with van der Waals surface area (Å²) in [7, 11) is 1.49. The summed E-state index contributed by atoms with van der Waals surface area (Å²) < 4.78 is 10.7. The summed E-state index contributed by atoms with van der Waals surface area (Å²) >= 11 is 5.91. The highest BCUT2D eigenvalue weighted by Crippen LogP contribution is 2.30. The van der Waals surface area contributed by atoms with E-state index in [4.69, 9.17) is 21.1 Å². The van der Waals surface area contributed by atoms with Crippen LogP contribution in [0.3, 0.4) is 0 Å². The van der Waals surface area contributed by atoms with Crippen molar-refractivity contribution in [3.63, 3.8) is 0 Å². The van der Waals surface area contributed by atoms with Crippen molar-refractivity contribution >= 4 is 35.3 Å². The predicted octanol–water partition coefficient (Wildman–Crippen LogP) is 6.03. The van der Waals surface area contributed by atoms with Gasteiger partial charge in [0, 0.05) is 11.1 Å². The molecule has 0 N–H and O–H groups in total. The first-order chi connectivity index (χ1) is 14.6. The molecule has 4 nitrogen and oxygen atoms in total. The first-order valence-corrected chi connectivity index (χ1v) is 9.47. The summed E-state index contributed by atoms with van der Waals surface area (Å²) in [5.74, 6) is 0.167. The van der Waals surface area contributed by atoms with Crippen molar-refractivity contribution in [1.82, 2.24) is 0 Å². The number of allylic oxidation sites excluding steroid dienone is 1. The molecule has 0 aliphatic heterocycles. The van der Waals surface area contributed by atoms with E-state index >= 15 is 0 Å². The van der Waals surface area contributed by atoms with E-state index in [0.717, 1.165) is 16.7 Å². The van der Waals surface area contributed by atoms with Crippen molar-refractivity contribution in [3.8, 4) is 17.6 Å². The summed E-state index contributed by atoms with van der Waals surface area (Å²) in [6.45, 7) is 0. The van der Waals surface area contributed by atoms with Gasteiger partial charge in [-0.05, 0) is 53.1 Å². The standard InChI is InChI=1S/C25H18ClNO3/c1-29-24-16-19(15-21(17-27)20-9-11-22(26)12-10-20)7-13-23(24)30-25(28)14-8-18-5-3-2-4-6-18/h2-16H,1H3/b14-8+,21-15-. The molecule has 0 fully saturated rings. The number of halogens is 1. The fourth-order valence-electron chi connectivity index (χ4n) is 2.71. The van der Waals surface area contributed by atoms with Gasteiger partial charge >= 0.3 is 5.97 Å². The molecule has 5 heteroatoms. The van der Waals surface area contributed by atoms with Crippen LogP contribution >= 0.6 is 11.6 Å². The lowest BCUT2D eigenvalue weighted by Gasteiger charge is -2.09. The molecule has 0 unspecified atom stereocenters. The van der Waals surface area contributed by atoms with Gasteiger partial charge in [-0.1, -0.05) is 60.1 Å². The van der Waals surface area contributed by atoms with Gasteiger partial charge in [0.15, 0.2) is 11.5 Å². The minimum Gasteiger partial charge on any atom is -0.493 e. The molecule has 148 valence electrons. The first-order valence-electron chi connectivity index (χ1n) is 9.10. The van der Waals surface area contributed by atoms with Crippen molar-refractivity contribution in [2.75, 3.05) is 7.11 Å². The summed E-state index contributed by atoms with van der Waals surface area (Å²) in [6.07, 6.45) is 4.76. The Hall–Kier alpha value is -3.81. The van der Waals surface area contributed by atoms with Crippen LogP contribution in [0.2, 0.25) is 5.02 Å². The zero-order chi connectivity index (χ0) is 21.3. The Labute approximate surface area is 180 Å². The average molecular weight is 416 g/mol. The van der Waals surface area contributed by atoms with Crippen LogP contribution in [0.25, 0.3) is 17.7 Å². The van der Waals surface area contributed by atoms with Crippen LogP contribution in [0.1, 0.15) is 16.7 Å². The topological polar surface area (TPSA) is 59.3 Å². The second-order valence-electron chi connectivity index (χ2n) is 6.25. The molecular weight excluding hydrogens is 398 g/mol. The summed E-state index contributed by atoms with van der Waals surface area (Å²) in [5.41, 5.74) is 2.86. The van der Waals surface area contributed by atoms with Gasteiger partial charge < -0.3 is 9.47 Å². The molecule has 0 bridgehead atoms. The molecule has 0 aliphatic carbocycles. The van der Waals surface area contributed by atoms with E-state index in [1.165, 1.54) is 13.2 Å². The highest BCUT2D eigenvalue weighted by Gasteiger charge is 2.10. The lowest BCUT2D eigenvalue weighted by Crippen LogP contribution is -2.05. The number of nitrogens with zero attached hydrogens (tertiary/aromatic N) is 1. The van der Waals surface area contributed by atoms with Gasteiger partial charge in [-0.3, -0.25) is 0 Å². The SMILES string of the molecule is COc1cc(/C=C(/C#N)c2ccc(Cl)cc2)ccc1OC(=O)/C=C/c1ccccc1. The number of esters is 1. The molecule has 0 saturated heterocycles. The van der Waals surface area contributed by atoms with Gasteiger partial charge in [-0.2, -0.15) is 5.26 Å². The molecular formula is C25H18ClNO3. The summed E-state index contributed by atoms with van der Waals surface area (Å²) in [4.78, 5) is 12.1. The van der Waals surface area contributed by atoms with Gasteiger partial charge in [0.05, 0.1) is 18.8 Å². The summed E-state index contributed by atoms with van der Waals surface area (Å²) in [6, 6.07) is 23.8. The fraction of sp³-hybridized carbons (Fsp3) is 0.0400. The van der Waals surface area contributed by atoms with Crippen molar-refractivity contribution in [1.29, 1.82) is 5.26 Å². The van der Waals surface area contributed by atoms with Crippen LogP contribution < -0.4 is 9.47 Å². The Morgan fingerprint density at radius 1 is 0.967 bits per heavy atom. The highest BCUT2D eigenvalue weighted by molar-refractivity contribution is 6.30. The van der Waals surface area contributed by atoms with E-state index in [2.05, 4.69) is 6.07 Å². The van der Waals surface area contributed by atoms with Crippen LogP contribution in [0.4, 0.5) is 0 Å². The van der Waals surface area contributed by atoms with Crippen molar-refractivity contribution in [2.24, 2.45) is 0 Å². The molecule has 0 heterocycles. The van der Waals surface area contributed by atoms with E-state index in [-0.39, 0.29) is 0 Å². The Bertz CT molecular complexity index is 1130. The molecule has 0 amide bonds. The lowest BCUT2D eigenvalue weighted by atomic mass is 10.0. The van der Waals surface area contributed by atoms with Crippen molar-refractivity contribution in [3.05, 3.63) is 101 Å². The number of carbonyl (C=O) groups excluding carboxylic acids is 1. The summed E-state index contributed by atoms with van der Waals surface area (Å²) in [5, 5.41) is 10.1. The zero-order valence-corrected chi connectivity index (χ0v) is 17.0. The second-order valence-corrected chi connectivity index (χ2v) is 6.69. The van der Waals surface area contributed by atoms with E-state index < -0.39 is 5.97 Å². The minimum atomic E-state index is -0.515. The smallest absolute Gasteiger partial charge is 0.336 e. The Morgan fingerprint density at radius 3 is 2.37 bits per heavy atom. The van der Waals surface area contributed by atoms with E-state index in [1.807, 2.05) is 30.3 Å². The van der Waals surface area contributed by atoms with Crippen LogP contribution in [0, 0.1) is 11.3 Å². The number of benzene rings is 3. The van der Waals surface area contributed by atoms with E-state index in [0.29, 0.717) is 22.1 Å². The normalized spacial score (nSPS) is 11.2. The maximum Gasteiger partial charge on any atom is 0.336 e. The molecule has 3 aromatic carbocycles. The van der Waals surface area contributed by atoms with E-state index in [9.17, 15) is 10.1 Å². The fourth-order valence-corrected chi connectivity index (χ4v) is 2.83. The molecule has 3 rings (SSSR count). The number of hydrogen-bond acceptors (Lipinski definition) is 4. The monoisotopic (exact) mass is 415 g/mol. The molecule has 0 aromatic heterocycles. The van der Waals surface area contributed by atoms with Gasteiger partial charge in [-0.25, -0.2) is 4.79 Å². The molecule has 0 radical (unpaired) electrons. The van der Waals surface area contributed by atoms with Gasteiger partial charge in [0.2, 0.25) is 0 Å². The Balaban J connectivity index is 1.79. The van der Waals surface area contributed by atoms with Gasteiger partial charge in [0.1, 0.15) is 0 Å². The first kappa shape index (κ1) is 20.9. The maximum absolute atomic E-state index is 12.1. The van der Waals surface area contributed by atoms with Crippen LogP contribution in [-0.2, 0) is 4.79 Å². The Kier molecular flexibility index (Phi) is 7.05. The quantitative estimate of drug-likeness (QED) is 0.162. The second kappa shape index (κ2) is 10.1. The number of ether oxygens (including phenoxy) is 2. The third-order valence-corrected chi connectivity index (χ3v) is 4.45. The number of methoxy groups -OCH3 is 1. The molecule has 0 aliphatic rings. The average Bonchev–Trinajstić information content (AvgIpc) is 2.78. The van der Waals surface area contributed by atoms with E-state index in [1.54, 1.807) is 54.6 Å². The van der Waals surface area contributed by atoms with Crippen molar-refractivity contribution < 1.29 is 14.3 Å². The van der Waals surface area contributed by atoms with Crippen LogP contribution in [0.15, 0.2) is 78.9 Å². The third-order valence-electron chi connectivity index (χ3n) is 4.20. The zero-order valence-electron chi connectivity index (χ0n) is 16.2. The third kappa shape index (κ3) is 5.60. The molecule has 0 saturated carbocycles. The highest BCUT2D eigenvalue weighted by atomic mass is 35.5. The number of carbonyl (C=O) groups is 1. The van der Waals surface area contributed by atoms with Gasteiger partial charge in [0.25, 0.3) is 0 Å². The van der Waals surface area contributed by atoms with Crippen molar-refractivity contribution in [2.45, 2.75) is 0 Å². The number of rotatable bonds is 6. The van der Waals surface area contributed by atoms with Crippen LogP contribution in [-0.4, -0.2) is 13.1 Å². The molecule has 0 atom stereocenters. The van der Waals surface area contributed by atoms with Gasteiger partial charge in [-0.15, -0.1) is 0 Å². The number of hydrogen-bond donors (Lipinski definition) is 0. The molecule has 30 heavy (non-hydrogen) atoms. The largest absolute Gasteiger partial charge is 0.493 e. The lowest BCUT2D eigenvalue weighted by molar-refractivity contribution is -0.129. The maximum atomic E-state index is 12.1. The number of nitriles is 1. The minimum absolute atomic E-state index is 0.294. The Morgan fingerprint density at radius 2 is 1.70 bits per heavy atom.